The molecule has 82 valence electrons. The maximum Gasteiger partial charge on any atom is 0.178 e. The van der Waals surface area contributed by atoms with E-state index in [0.29, 0.717) is 0 Å². The topological polar surface area (TPSA) is 50.1 Å². The Kier molecular flexibility index (Phi) is 4.52. The molecule has 0 radical (unpaired) electrons. The second-order valence-corrected chi connectivity index (χ2v) is 3.94. The fourth-order valence-corrected chi connectivity index (χ4v) is 1.44. The zero-order chi connectivity index (χ0) is 11.3. The molecule has 1 unspecified atom stereocenters. The van der Waals surface area contributed by atoms with Crippen LogP contribution < -0.4 is 16.6 Å². The molecule has 0 fully saturated rings. The van der Waals surface area contributed by atoms with Crippen LogP contribution in [0.1, 0.15) is 30.5 Å². The Balaban J connectivity index is 2.65. The van der Waals surface area contributed by atoms with E-state index in [2.05, 4.69) is 49.0 Å². The van der Waals surface area contributed by atoms with Crippen LogP contribution in [0.15, 0.2) is 24.3 Å². The van der Waals surface area contributed by atoms with Crippen molar-refractivity contribution < 1.29 is 0 Å². The highest BCUT2D eigenvalue weighted by Gasteiger charge is 2.07. The number of nitrogens with one attached hydrogen (secondary N) is 2. The molecule has 0 amide bonds. The van der Waals surface area contributed by atoms with Gasteiger partial charge in [-0.3, -0.25) is 5.43 Å². The van der Waals surface area contributed by atoms with Gasteiger partial charge in [0, 0.05) is 0 Å². The van der Waals surface area contributed by atoms with Gasteiger partial charge in [0.15, 0.2) is 5.11 Å². The first kappa shape index (κ1) is 11.9. The lowest BCUT2D eigenvalue weighted by Gasteiger charge is -2.18. The van der Waals surface area contributed by atoms with E-state index in [1.807, 2.05) is 0 Å². The van der Waals surface area contributed by atoms with Crippen molar-refractivity contribution in [1.82, 2.24) is 10.9 Å². The van der Waals surface area contributed by atoms with Crippen molar-refractivity contribution in [3.63, 3.8) is 0 Å². The fourth-order valence-electron chi connectivity index (χ4n) is 1.38. The minimum absolute atomic E-state index is 0.229. The Morgan fingerprint density at radius 3 is 2.47 bits per heavy atom. The molecule has 0 aliphatic rings. The number of hydrogen-bond donors (Lipinski definition) is 3. The highest BCUT2D eigenvalue weighted by Crippen LogP contribution is 2.15. The summed E-state index contributed by atoms with van der Waals surface area (Å²) in [5.41, 5.74) is 13.7. The molecule has 1 aromatic carbocycles. The third-order valence-electron chi connectivity index (χ3n) is 2.26. The highest BCUT2D eigenvalue weighted by atomic mass is 32.1. The smallest absolute Gasteiger partial charge is 0.178 e. The summed E-state index contributed by atoms with van der Waals surface area (Å²) >= 11 is 4.74. The summed E-state index contributed by atoms with van der Waals surface area (Å²) in [6.07, 6.45) is 0.971. The molecule has 4 heteroatoms. The van der Waals surface area contributed by atoms with Gasteiger partial charge >= 0.3 is 0 Å². The molecule has 0 aliphatic heterocycles. The minimum Gasteiger partial charge on any atom is -0.375 e. The lowest BCUT2D eigenvalue weighted by Crippen LogP contribution is -2.42. The average molecular weight is 223 g/mol. The van der Waals surface area contributed by atoms with E-state index in [1.165, 1.54) is 11.1 Å². The zero-order valence-electron chi connectivity index (χ0n) is 9.08. The fraction of sp³-hybridized carbons (Fsp3) is 0.364. The molecular weight excluding hydrogens is 206 g/mol. The van der Waals surface area contributed by atoms with Gasteiger partial charge in [0.1, 0.15) is 0 Å². The van der Waals surface area contributed by atoms with Gasteiger partial charge in [-0.15, -0.1) is 0 Å². The molecule has 3 nitrogen and oxygen atoms in total. The van der Waals surface area contributed by atoms with E-state index < -0.39 is 0 Å². The molecule has 0 aliphatic carbocycles. The summed E-state index contributed by atoms with van der Waals surface area (Å²) in [7, 11) is 0. The predicted octanol–water partition coefficient (Wildman–Crippen LogP) is 1.78. The summed E-state index contributed by atoms with van der Waals surface area (Å²) in [5, 5.41) is 0.264. The van der Waals surface area contributed by atoms with Crippen LogP contribution in [-0.4, -0.2) is 5.11 Å². The van der Waals surface area contributed by atoms with Crippen LogP contribution in [0.4, 0.5) is 0 Å². The Hall–Kier alpha value is -1.13. The summed E-state index contributed by atoms with van der Waals surface area (Å²) in [6, 6.07) is 8.64. The van der Waals surface area contributed by atoms with E-state index in [-0.39, 0.29) is 11.2 Å². The third kappa shape index (κ3) is 3.85. The van der Waals surface area contributed by atoms with Crippen LogP contribution in [0.3, 0.4) is 0 Å². The number of hydrogen-bond acceptors (Lipinski definition) is 2. The lowest BCUT2D eigenvalue weighted by molar-refractivity contribution is 0.495. The minimum atomic E-state index is 0.229. The van der Waals surface area contributed by atoms with Gasteiger partial charge in [-0.1, -0.05) is 36.8 Å². The van der Waals surface area contributed by atoms with Crippen molar-refractivity contribution in [3.8, 4) is 0 Å². The van der Waals surface area contributed by atoms with Crippen molar-refractivity contribution in [2.45, 2.75) is 26.3 Å². The summed E-state index contributed by atoms with van der Waals surface area (Å²) in [6.45, 7) is 4.18. The number of aryl methyl sites for hydroxylation is 1. The van der Waals surface area contributed by atoms with E-state index in [1.54, 1.807) is 0 Å². The van der Waals surface area contributed by atoms with E-state index in [0.717, 1.165) is 6.42 Å². The lowest BCUT2D eigenvalue weighted by atomic mass is 10.0. The van der Waals surface area contributed by atoms with Gasteiger partial charge in [-0.2, -0.15) is 0 Å². The SMILES string of the molecule is CCC(NNC(N)=S)c1ccc(C)cc1. The van der Waals surface area contributed by atoms with Gasteiger partial charge in [0.25, 0.3) is 0 Å². The van der Waals surface area contributed by atoms with Crippen molar-refractivity contribution in [2.75, 3.05) is 0 Å². The average Bonchev–Trinajstić information content (AvgIpc) is 2.21. The molecule has 0 bridgehead atoms. The second kappa shape index (κ2) is 5.68. The maximum absolute atomic E-state index is 5.36. The molecule has 1 aromatic rings. The third-order valence-corrected chi connectivity index (χ3v) is 2.36. The number of nitrogens with two attached hydrogens (primary N) is 1. The van der Waals surface area contributed by atoms with E-state index >= 15 is 0 Å². The van der Waals surface area contributed by atoms with Gasteiger partial charge in [-0.25, -0.2) is 5.43 Å². The van der Waals surface area contributed by atoms with E-state index in [4.69, 9.17) is 18.0 Å². The molecule has 0 saturated carbocycles. The van der Waals surface area contributed by atoms with Crippen LogP contribution >= 0.6 is 12.2 Å². The second-order valence-electron chi connectivity index (χ2n) is 3.51. The first-order chi connectivity index (χ1) is 7.13. The molecular formula is C11H17N3S. The monoisotopic (exact) mass is 223 g/mol. The Morgan fingerprint density at radius 1 is 1.40 bits per heavy atom. The predicted molar refractivity (Wildman–Crippen MR) is 67.3 cm³/mol. The van der Waals surface area contributed by atoms with Crippen molar-refractivity contribution in [2.24, 2.45) is 5.73 Å². The van der Waals surface area contributed by atoms with Crippen LogP contribution in [-0.2, 0) is 0 Å². The van der Waals surface area contributed by atoms with Crippen molar-refractivity contribution in [1.29, 1.82) is 0 Å². The Labute approximate surface area is 96.0 Å². The summed E-state index contributed by atoms with van der Waals surface area (Å²) < 4.78 is 0. The molecule has 1 atom stereocenters. The first-order valence-electron chi connectivity index (χ1n) is 5.01. The summed E-state index contributed by atoms with van der Waals surface area (Å²) in [4.78, 5) is 0. The number of benzene rings is 1. The van der Waals surface area contributed by atoms with Crippen LogP contribution in [0, 0.1) is 6.92 Å². The molecule has 0 spiro atoms. The molecule has 0 aromatic heterocycles. The van der Waals surface area contributed by atoms with Gasteiger partial charge in [0.2, 0.25) is 0 Å². The Morgan fingerprint density at radius 2 is 2.00 bits per heavy atom. The van der Waals surface area contributed by atoms with Crippen molar-refractivity contribution >= 4 is 17.3 Å². The standard InChI is InChI=1S/C11H17N3S/c1-3-10(13-14-11(12)15)9-6-4-8(2)5-7-9/h4-7,10,13H,3H2,1-2H3,(H3,12,14,15). The molecule has 15 heavy (non-hydrogen) atoms. The van der Waals surface area contributed by atoms with Crippen LogP contribution in [0.25, 0.3) is 0 Å². The first-order valence-corrected chi connectivity index (χ1v) is 5.42. The molecule has 4 N–H and O–H groups in total. The number of hydrazine groups is 1. The quantitative estimate of drug-likeness (QED) is 0.538. The largest absolute Gasteiger partial charge is 0.375 e. The molecule has 1 rings (SSSR count). The van der Waals surface area contributed by atoms with Crippen LogP contribution in [0.5, 0.6) is 0 Å². The summed E-state index contributed by atoms with van der Waals surface area (Å²) in [5.74, 6) is 0. The van der Waals surface area contributed by atoms with E-state index in [9.17, 15) is 0 Å². The Bertz CT molecular complexity index is 321. The normalized spacial score (nSPS) is 12.1. The molecule has 0 saturated heterocycles. The highest BCUT2D eigenvalue weighted by molar-refractivity contribution is 7.80. The number of rotatable bonds is 4. The van der Waals surface area contributed by atoms with Gasteiger partial charge < -0.3 is 5.73 Å². The number of thiocarbonyl (C=S) groups is 1. The van der Waals surface area contributed by atoms with Crippen molar-refractivity contribution in [3.05, 3.63) is 35.4 Å². The molecule has 0 heterocycles. The van der Waals surface area contributed by atoms with Crippen LogP contribution in [0.2, 0.25) is 0 Å². The van der Waals surface area contributed by atoms with Gasteiger partial charge in [-0.05, 0) is 31.1 Å². The maximum atomic E-state index is 5.36. The zero-order valence-corrected chi connectivity index (χ0v) is 9.90. The van der Waals surface area contributed by atoms with Gasteiger partial charge in [0.05, 0.1) is 6.04 Å².